The zero-order chi connectivity index (χ0) is 13.2. The number of hydrogen-bond acceptors (Lipinski definition) is 2. The first-order valence-corrected chi connectivity index (χ1v) is 7.84. The van der Waals surface area contributed by atoms with Gasteiger partial charge in [0.1, 0.15) is 0 Å². The molecule has 0 aromatic heterocycles. The van der Waals surface area contributed by atoms with Crippen molar-refractivity contribution < 1.29 is 0 Å². The largest absolute Gasteiger partial charge is 0.312 e. The maximum Gasteiger partial charge on any atom is 0.0327 e. The van der Waals surface area contributed by atoms with E-state index in [-0.39, 0.29) is 0 Å². The zero-order valence-electron chi connectivity index (χ0n) is 12.9. The minimum absolute atomic E-state index is 0.446. The summed E-state index contributed by atoms with van der Waals surface area (Å²) < 4.78 is 0. The van der Waals surface area contributed by atoms with Gasteiger partial charge in [-0.15, -0.1) is 0 Å². The van der Waals surface area contributed by atoms with Crippen molar-refractivity contribution in [3.63, 3.8) is 0 Å². The van der Waals surface area contributed by atoms with Gasteiger partial charge in [0.2, 0.25) is 0 Å². The van der Waals surface area contributed by atoms with Gasteiger partial charge in [0.05, 0.1) is 0 Å². The van der Waals surface area contributed by atoms with Crippen molar-refractivity contribution in [3.8, 4) is 0 Å². The zero-order valence-corrected chi connectivity index (χ0v) is 12.9. The normalized spacial score (nSPS) is 30.8. The van der Waals surface area contributed by atoms with Gasteiger partial charge in [-0.05, 0) is 51.6 Å². The second-order valence-electron chi connectivity index (χ2n) is 7.66. The van der Waals surface area contributed by atoms with Gasteiger partial charge in [0.15, 0.2) is 0 Å². The maximum atomic E-state index is 3.90. The number of likely N-dealkylation sites (N-methyl/N-ethyl adjacent to an activating group) is 1. The van der Waals surface area contributed by atoms with E-state index in [1.807, 2.05) is 0 Å². The Morgan fingerprint density at radius 1 is 1.06 bits per heavy atom. The smallest absolute Gasteiger partial charge is 0.0327 e. The Morgan fingerprint density at radius 3 is 2.28 bits per heavy atom. The van der Waals surface area contributed by atoms with Crippen LogP contribution in [-0.2, 0) is 0 Å². The van der Waals surface area contributed by atoms with Gasteiger partial charge in [-0.3, -0.25) is 0 Å². The quantitative estimate of drug-likeness (QED) is 0.825. The van der Waals surface area contributed by atoms with E-state index < -0.39 is 0 Å². The van der Waals surface area contributed by atoms with E-state index in [0.29, 0.717) is 11.0 Å². The molecule has 18 heavy (non-hydrogen) atoms. The second-order valence-corrected chi connectivity index (χ2v) is 7.66. The van der Waals surface area contributed by atoms with E-state index in [1.165, 1.54) is 57.9 Å². The van der Waals surface area contributed by atoms with Crippen molar-refractivity contribution in [2.75, 3.05) is 20.6 Å². The minimum atomic E-state index is 0.446. The first-order chi connectivity index (χ1) is 8.44. The number of rotatable bonds is 4. The van der Waals surface area contributed by atoms with Crippen LogP contribution in [0.5, 0.6) is 0 Å². The molecule has 2 aliphatic rings. The number of hydrogen-bond donors (Lipinski definition) is 1. The van der Waals surface area contributed by atoms with Gasteiger partial charge in [0, 0.05) is 18.1 Å². The fourth-order valence-electron chi connectivity index (χ4n) is 4.02. The molecule has 1 atom stereocenters. The van der Waals surface area contributed by atoms with Gasteiger partial charge in [-0.25, -0.2) is 0 Å². The van der Waals surface area contributed by atoms with Crippen LogP contribution in [0.15, 0.2) is 0 Å². The predicted octanol–water partition coefficient (Wildman–Crippen LogP) is 3.42. The summed E-state index contributed by atoms with van der Waals surface area (Å²) in [4.78, 5) is 2.47. The SMILES string of the molecule is CN(C)C1(CNC2CCCC(C)(C)C2)CCCC1. The van der Waals surface area contributed by atoms with E-state index in [0.717, 1.165) is 6.04 Å². The Bertz CT molecular complexity index is 264. The highest BCUT2D eigenvalue weighted by molar-refractivity contribution is 4.96. The summed E-state index contributed by atoms with van der Waals surface area (Å²) in [6.45, 7) is 6.05. The highest BCUT2D eigenvalue weighted by atomic mass is 15.2. The topological polar surface area (TPSA) is 15.3 Å². The Kier molecular flexibility index (Phi) is 4.38. The van der Waals surface area contributed by atoms with Crippen molar-refractivity contribution in [3.05, 3.63) is 0 Å². The molecule has 0 saturated heterocycles. The average molecular weight is 252 g/mol. The summed E-state index contributed by atoms with van der Waals surface area (Å²) in [7, 11) is 4.52. The molecule has 0 radical (unpaired) electrons. The van der Waals surface area contributed by atoms with Crippen LogP contribution in [0.1, 0.15) is 65.2 Å². The first-order valence-electron chi connectivity index (χ1n) is 7.84. The summed E-state index contributed by atoms with van der Waals surface area (Å²) >= 11 is 0. The van der Waals surface area contributed by atoms with E-state index in [1.54, 1.807) is 0 Å². The van der Waals surface area contributed by atoms with Crippen LogP contribution in [-0.4, -0.2) is 37.1 Å². The summed E-state index contributed by atoms with van der Waals surface area (Å²) in [6, 6.07) is 0.756. The van der Waals surface area contributed by atoms with Gasteiger partial charge >= 0.3 is 0 Å². The van der Waals surface area contributed by atoms with Crippen molar-refractivity contribution in [1.82, 2.24) is 10.2 Å². The molecule has 0 heterocycles. The van der Waals surface area contributed by atoms with Crippen molar-refractivity contribution >= 4 is 0 Å². The molecule has 0 aliphatic heterocycles. The predicted molar refractivity (Wildman–Crippen MR) is 78.9 cm³/mol. The van der Waals surface area contributed by atoms with Gasteiger partial charge in [-0.1, -0.05) is 33.1 Å². The van der Waals surface area contributed by atoms with E-state index in [2.05, 4.69) is 38.2 Å². The fourth-order valence-corrected chi connectivity index (χ4v) is 4.02. The molecular weight excluding hydrogens is 220 g/mol. The molecule has 1 unspecified atom stereocenters. The van der Waals surface area contributed by atoms with Crippen LogP contribution in [0, 0.1) is 5.41 Å². The summed E-state index contributed by atoms with van der Waals surface area (Å²) in [6.07, 6.45) is 11.1. The van der Waals surface area contributed by atoms with E-state index >= 15 is 0 Å². The molecule has 106 valence electrons. The van der Waals surface area contributed by atoms with Crippen LogP contribution < -0.4 is 5.32 Å². The summed E-state index contributed by atoms with van der Waals surface area (Å²) in [5.74, 6) is 0. The summed E-state index contributed by atoms with van der Waals surface area (Å²) in [5, 5.41) is 3.90. The molecule has 2 aliphatic carbocycles. The van der Waals surface area contributed by atoms with E-state index in [9.17, 15) is 0 Å². The molecule has 2 saturated carbocycles. The van der Waals surface area contributed by atoms with Crippen molar-refractivity contribution in [2.45, 2.75) is 76.8 Å². The average Bonchev–Trinajstić information content (AvgIpc) is 2.75. The van der Waals surface area contributed by atoms with Crippen LogP contribution in [0.25, 0.3) is 0 Å². The third-order valence-electron chi connectivity index (χ3n) is 5.41. The second kappa shape index (κ2) is 5.50. The number of nitrogens with one attached hydrogen (secondary N) is 1. The standard InChI is InChI=1S/C16H32N2/c1-15(2)9-7-8-14(12-15)17-13-16(18(3)4)10-5-6-11-16/h14,17H,5-13H2,1-4H3. The lowest BCUT2D eigenvalue weighted by Gasteiger charge is -2.41. The lowest BCUT2D eigenvalue weighted by molar-refractivity contribution is 0.131. The Morgan fingerprint density at radius 2 is 1.72 bits per heavy atom. The molecule has 2 heteroatoms. The molecule has 0 aromatic rings. The van der Waals surface area contributed by atoms with Crippen molar-refractivity contribution in [2.24, 2.45) is 5.41 Å². The highest BCUT2D eigenvalue weighted by Gasteiger charge is 2.37. The number of nitrogens with zero attached hydrogens (tertiary/aromatic N) is 1. The molecule has 0 amide bonds. The Labute approximate surface area is 114 Å². The van der Waals surface area contributed by atoms with Crippen molar-refractivity contribution in [1.29, 1.82) is 0 Å². The molecule has 2 rings (SSSR count). The van der Waals surface area contributed by atoms with E-state index in [4.69, 9.17) is 0 Å². The third-order valence-corrected chi connectivity index (χ3v) is 5.41. The molecule has 2 nitrogen and oxygen atoms in total. The lowest BCUT2D eigenvalue weighted by atomic mass is 9.75. The van der Waals surface area contributed by atoms with Crippen LogP contribution >= 0.6 is 0 Å². The van der Waals surface area contributed by atoms with Crippen LogP contribution in [0.4, 0.5) is 0 Å². The molecule has 2 fully saturated rings. The van der Waals surface area contributed by atoms with Crippen LogP contribution in [0.3, 0.4) is 0 Å². The monoisotopic (exact) mass is 252 g/mol. The first kappa shape index (κ1) is 14.3. The lowest BCUT2D eigenvalue weighted by Crippen LogP contribution is -2.52. The molecule has 1 N–H and O–H groups in total. The van der Waals surface area contributed by atoms with Crippen LogP contribution in [0.2, 0.25) is 0 Å². The molecular formula is C16H32N2. The minimum Gasteiger partial charge on any atom is -0.312 e. The fraction of sp³-hybridized carbons (Fsp3) is 1.00. The third kappa shape index (κ3) is 3.27. The summed E-state index contributed by atoms with van der Waals surface area (Å²) in [5.41, 5.74) is 0.998. The van der Waals surface area contributed by atoms with Gasteiger partial charge in [-0.2, -0.15) is 0 Å². The van der Waals surface area contributed by atoms with Gasteiger partial charge < -0.3 is 10.2 Å². The maximum absolute atomic E-state index is 3.90. The Balaban J connectivity index is 1.86. The molecule has 0 spiro atoms. The highest BCUT2D eigenvalue weighted by Crippen LogP contribution is 2.37. The van der Waals surface area contributed by atoms with Gasteiger partial charge in [0.25, 0.3) is 0 Å². The Hall–Kier alpha value is -0.0800. The molecule has 0 aromatic carbocycles. The molecule has 0 bridgehead atoms.